The Morgan fingerprint density at radius 2 is 1.82 bits per heavy atom. The summed E-state index contributed by atoms with van der Waals surface area (Å²) in [6, 6.07) is 2.90. The van der Waals surface area contributed by atoms with E-state index >= 15 is 0 Å². The van der Waals surface area contributed by atoms with Gasteiger partial charge in [0.1, 0.15) is 5.75 Å². The van der Waals surface area contributed by atoms with Crippen LogP contribution in [0.25, 0.3) is 0 Å². The van der Waals surface area contributed by atoms with E-state index in [-0.39, 0.29) is 18.0 Å². The Kier molecular flexibility index (Phi) is 6.70. The van der Waals surface area contributed by atoms with Crippen molar-refractivity contribution in [1.29, 1.82) is 0 Å². The Morgan fingerprint density at radius 1 is 1.18 bits per heavy atom. The number of nitrogens with zero attached hydrogens (tertiary/aromatic N) is 1. The second-order valence-corrected chi connectivity index (χ2v) is 6.67. The number of hydrogen-bond donors (Lipinski definition) is 0. The van der Waals surface area contributed by atoms with Crippen molar-refractivity contribution in [1.82, 2.24) is 4.31 Å². The van der Waals surface area contributed by atoms with Gasteiger partial charge in [-0.25, -0.2) is 17.2 Å². The summed E-state index contributed by atoms with van der Waals surface area (Å²) < 4.78 is 61.3. The van der Waals surface area contributed by atoms with Crippen LogP contribution in [0.15, 0.2) is 17.0 Å². The van der Waals surface area contributed by atoms with Crippen molar-refractivity contribution in [2.75, 3.05) is 33.9 Å². The summed E-state index contributed by atoms with van der Waals surface area (Å²) >= 11 is 0. The average molecular weight is 337 g/mol. The average Bonchev–Trinajstić information content (AvgIpc) is 2.45. The monoisotopic (exact) mass is 337 g/mol. The highest BCUT2D eigenvalue weighted by molar-refractivity contribution is 7.89. The van der Waals surface area contributed by atoms with Crippen LogP contribution in [0.4, 0.5) is 8.78 Å². The molecule has 0 fully saturated rings. The molecule has 0 heterocycles. The third-order valence-electron chi connectivity index (χ3n) is 3.41. The predicted molar refractivity (Wildman–Crippen MR) is 79.1 cm³/mol. The summed E-state index contributed by atoms with van der Waals surface area (Å²) in [5.74, 6) is 0.550. The fraction of sp³-hybridized carbons (Fsp3) is 0.571. The number of halogens is 2. The topological polar surface area (TPSA) is 55.8 Å². The molecule has 8 heteroatoms. The molecular formula is C14H21F2NO4S. The molecule has 0 saturated heterocycles. The molecule has 5 nitrogen and oxygen atoms in total. The van der Waals surface area contributed by atoms with Crippen LogP contribution in [0.5, 0.6) is 5.75 Å². The van der Waals surface area contributed by atoms with Crippen molar-refractivity contribution in [3.8, 4) is 5.75 Å². The Bertz CT molecular complexity index is 605. The third kappa shape index (κ3) is 4.15. The largest absolute Gasteiger partial charge is 0.496 e. The van der Waals surface area contributed by atoms with Crippen LogP contribution in [0.2, 0.25) is 0 Å². The molecule has 0 saturated carbocycles. The van der Waals surface area contributed by atoms with Crippen LogP contribution in [0.3, 0.4) is 0 Å². The predicted octanol–water partition coefficient (Wildman–Crippen LogP) is 2.21. The Labute approximate surface area is 129 Å². The minimum atomic E-state index is -4.03. The van der Waals surface area contributed by atoms with Gasteiger partial charge in [0.15, 0.2) is 0 Å². The number of alkyl halides is 2. The van der Waals surface area contributed by atoms with Crippen LogP contribution in [0, 0.1) is 13.8 Å². The smallest absolute Gasteiger partial charge is 0.252 e. The lowest BCUT2D eigenvalue weighted by molar-refractivity contribution is 0.106. The molecular weight excluding hydrogens is 316 g/mol. The van der Waals surface area contributed by atoms with Crippen molar-refractivity contribution >= 4 is 10.0 Å². The van der Waals surface area contributed by atoms with Crippen molar-refractivity contribution in [3.63, 3.8) is 0 Å². The molecule has 0 unspecified atom stereocenters. The standard InChI is InChI=1S/C14H21F2NO4S/c1-10-11(2)13(6-5-12(10)21-4)22(18,19)17(7-8-20-3)9-14(15)16/h5-6,14H,7-9H2,1-4H3. The maximum atomic E-state index is 12.7. The quantitative estimate of drug-likeness (QED) is 0.730. The SMILES string of the molecule is COCCN(CC(F)F)S(=O)(=O)c1ccc(OC)c(C)c1C. The summed E-state index contributed by atoms with van der Waals surface area (Å²) in [7, 11) is -1.16. The molecule has 0 spiro atoms. The molecule has 0 radical (unpaired) electrons. The molecule has 0 aromatic heterocycles. The zero-order chi connectivity index (χ0) is 16.9. The minimum absolute atomic E-state index is 0.00236. The van der Waals surface area contributed by atoms with Crippen LogP contribution in [-0.4, -0.2) is 53.1 Å². The van der Waals surface area contributed by atoms with E-state index < -0.39 is 23.0 Å². The zero-order valence-electron chi connectivity index (χ0n) is 13.1. The van der Waals surface area contributed by atoms with E-state index in [1.54, 1.807) is 13.8 Å². The highest BCUT2D eigenvalue weighted by atomic mass is 32.2. The number of sulfonamides is 1. The summed E-state index contributed by atoms with van der Waals surface area (Å²) in [5.41, 5.74) is 1.14. The molecule has 1 aromatic rings. The second-order valence-electron chi connectivity index (χ2n) is 4.76. The van der Waals surface area contributed by atoms with Gasteiger partial charge in [0.25, 0.3) is 6.43 Å². The van der Waals surface area contributed by atoms with E-state index in [0.717, 1.165) is 4.31 Å². The summed E-state index contributed by atoms with van der Waals surface area (Å²) in [6.07, 6.45) is -2.76. The number of hydrogen-bond acceptors (Lipinski definition) is 4. The maximum Gasteiger partial charge on any atom is 0.252 e. The second kappa shape index (κ2) is 7.85. The van der Waals surface area contributed by atoms with Gasteiger partial charge in [-0.15, -0.1) is 0 Å². The molecule has 0 aliphatic heterocycles. The highest BCUT2D eigenvalue weighted by Gasteiger charge is 2.29. The van der Waals surface area contributed by atoms with E-state index in [4.69, 9.17) is 9.47 Å². The normalized spacial score (nSPS) is 12.2. The van der Waals surface area contributed by atoms with E-state index in [1.807, 2.05) is 0 Å². The fourth-order valence-electron chi connectivity index (χ4n) is 2.07. The van der Waals surface area contributed by atoms with E-state index in [0.29, 0.717) is 16.9 Å². The lowest BCUT2D eigenvalue weighted by Gasteiger charge is -2.23. The van der Waals surface area contributed by atoms with Crippen molar-refractivity contribution < 1.29 is 26.7 Å². The van der Waals surface area contributed by atoms with Gasteiger partial charge in [-0.05, 0) is 37.1 Å². The van der Waals surface area contributed by atoms with E-state index in [9.17, 15) is 17.2 Å². The van der Waals surface area contributed by atoms with Gasteiger partial charge in [-0.2, -0.15) is 4.31 Å². The van der Waals surface area contributed by atoms with Gasteiger partial charge in [0.05, 0.1) is 25.2 Å². The van der Waals surface area contributed by atoms with E-state index in [1.165, 1.54) is 26.4 Å². The van der Waals surface area contributed by atoms with Crippen LogP contribution in [0.1, 0.15) is 11.1 Å². The number of rotatable bonds is 8. The first-order valence-electron chi connectivity index (χ1n) is 6.67. The molecule has 0 amide bonds. The lowest BCUT2D eigenvalue weighted by Crippen LogP contribution is -2.37. The van der Waals surface area contributed by atoms with Gasteiger partial charge in [0, 0.05) is 13.7 Å². The number of ether oxygens (including phenoxy) is 2. The fourth-order valence-corrected chi connectivity index (χ4v) is 3.75. The summed E-state index contributed by atoms with van der Waals surface area (Å²) in [4.78, 5) is 0.00236. The Morgan fingerprint density at radius 3 is 2.32 bits per heavy atom. The summed E-state index contributed by atoms with van der Waals surface area (Å²) in [6.45, 7) is 2.39. The van der Waals surface area contributed by atoms with Gasteiger partial charge < -0.3 is 9.47 Å². The van der Waals surface area contributed by atoms with Gasteiger partial charge in [0.2, 0.25) is 10.0 Å². The van der Waals surface area contributed by atoms with Crippen LogP contribution in [-0.2, 0) is 14.8 Å². The molecule has 1 aromatic carbocycles. The molecule has 0 atom stereocenters. The number of methoxy groups -OCH3 is 2. The molecule has 0 bridgehead atoms. The molecule has 1 rings (SSSR count). The van der Waals surface area contributed by atoms with Crippen LogP contribution >= 0.6 is 0 Å². The third-order valence-corrected chi connectivity index (χ3v) is 5.42. The molecule has 0 aliphatic carbocycles. The first kappa shape index (κ1) is 18.8. The molecule has 126 valence electrons. The van der Waals surface area contributed by atoms with Crippen LogP contribution < -0.4 is 4.74 Å². The van der Waals surface area contributed by atoms with Gasteiger partial charge >= 0.3 is 0 Å². The van der Waals surface area contributed by atoms with Crippen molar-refractivity contribution in [2.24, 2.45) is 0 Å². The zero-order valence-corrected chi connectivity index (χ0v) is 13.9. The Hall–Kier alpha value is -1.25. The van der Waals surface area contributed by atoms with Crippen molar-refractivity contribution in [3.05, 3.63) is 23.3 Å². The van der Waals surface area contributed by atoms with Crippen molar-refractivity contribution in [2.45, 2.75) is 25.2 Å². The molecule has 22 heavy (non-hydrogen) atoms. The van der Waals surface area contributed by atoms with Gasteiger partial charge in [-0.3, -0.25) is 0 Å². The van der Waals surface area contributed by atoms with Gasteiger partial charge in [-0.1, -0.05) is 0 Å². The maximum absolute atomic E-state index is 12.7. The first-order valence-corrected chi connectivity index (χ1v) is 8.11. The Balaban J connectivity index is 3.27. The molecule has 0 N–H and O–H groups in total. The minimum Gasteiger partial charge on any atom is -0.496 e. The lowest BCUT2D eigenvalue weighted by atomic mass is 10.1. The van der Waals surface area contributed by atoms with E-state index in [2.05, 4.69) is 0 Å². The molecule has 0 aliphatic rings. The summed E-state index contributed by atoms with van der Waals surface area (Å²) in [5, 5.41) is 0. The number of benzene rings is 1. The first-order chi connectivity index (χ1) is 10.3. The highest BCUT2D eigenvalue weighted by Crippen LogP contribution is 2.29.